The first-order chi connectivity index (χ1) is 11.9. The van der Waals surface area contributed by atoms with Crippen molar-refractivity contribution in [2.24, 2.45) is 0 Å². The number of pyridine rings is 1. The number of rotatable bonds is 5. The molecule has 25 heavy (non-hydrogen) atoms. The van der Waals surface area contributed by atoms with Crippen LogP contribution in [0.15, 0.2) is 58.4 Å². The van der Waals surface area contributed by atoms with Crippen molar-refractivity contribution in [3.05, 3.63) is 70.3 Å². The van der Waals surface area contributed by atoms with Crippen molar-refractivity contribution in [2.45, 2.75) is 18.7 Å². The summed E-state index contributed by atoms with van der Waals surface area (Å²) in [5, 5.41) is 11.9. The van der Waals surface area contributed by atoms with Crippen LogP contribution in [0.5, 0.6) is 0 Å². The minimum Gasteiger partial charge on any atom is -0.293 e. The monoisotopic (exact) mass is 354 g/mol. The van der Waals surface area contributed by atoms with Gasteiger partial charge in [-0.25, -0.2) is 9.67 Å². The second-order valence-electron chi connectivity index (χ2n) is 5.35. The van der Waals surface area contributed by atoms with Crippen molar-refractivity contribution < 1.29 is 4.21 Å². The first-order valence-corrected chi connectivity index (χ1v) is 8.97. The van der Waals surface area contributed by atoms with Gasteiger partial charge >= 0.3 is 0 Å². The zero-order valence-electron chi connectivity index (χ0n) is 14.2. The van der Waals surface area contributed by atoms with E-state index in [0.29, 0.717) is 27.5 Å². The van der Waals surface area contributed by atoms with Gasteiger partial charge in [-0.2, -0.15) is 5.26 Å². The molecule has 6 nitrogen and oxygen atoms in total. The number of hydrogen-bond acceptors (Lipinski definition) is 4. The maximum Gasteiger partial charge on any atom is 0.280 e. The van der Waals surface area contributed by atoms with Crippen LogP contribution in [0, 0.1) is 18.3 Å². The van der Waals surface area contributed by atoms with Gasteiger partial charge < -0.3 is 0 Å². The molecule has 0 amide bonds. The van der Waals surface area contributed by atoms with E-state index in [1.807, 2.05) is 6.07 Å². The standard InChI is InChI=1S/C18H18N4O2S/c1-5-14(10-19)7-6-12(2)17-13(3)21-22(18(17)23)16-9-8-15(11-20-16)25(4)24/h5-9,11,21H,1H2,2-4H3/b12-6+,14-7+. The normalized spacial score (nSPS) is 13.4. The zero-order chi connectivity index (χ0) is 18.6. The largest absolute Gasteiger partial charge is 0.293 e. The van der Waals surface area contributed by atoms with Gasteiger partial charge in [0.1, 0.15) is 0 Å². The molecular formula is C18H18N4O2S. The maximum absolute atomic E-state index is 12.7. The average molecular weight is 354 g/mol. The first-order valence-electron chi connectivity index (χ1n) is 7.42. The summed E-state index contributed by atoms with van der Waals surface area (Å²) in [5.74, 6) is 0.417. The van der Waals surface area contributed by atoms with E-state index < -0.39 is 10.8 Å². The molecule has 0 aliphatic rings. The van der Waals surface area contributed by atoms with Crippen LogP contribution in [0.4, 0.5) is 0 Å². The predicted molar refractivity (Wildman–Crippen MR) is 98.8 cm³/mol. The molecule has 0 aliphatic carbocycles. The van der Waals surface area contributed by atoms with Crippen LogP contribution < -0.4 is 5.56 Å². The van der Waals surface area contributed by atoms with E-state index in [1.165, 1.54) is 17.0 Å². The van der Waals surface area contributed by atoms with E-state index in [9.17, 15) is 9.00 Å². The summed E-state index contributed by atoms with van der Waals surface area (Å²) in [7, 11) is -1.12. The number of aromatic amines is 1. The van der Waals surface area contributed by atoms with Gasteiger partial charge in [-0.15, -0.1) is 0 Å². The molecule has 0 fully saturated rings. The highest BCUT2D eigenvalue weighted by molar-refractivity contribution is 7.84. The Bertz CT molecular complexity index is 986. The number of aryl methyl sites for hydroxylation is 1. The van der Waals surface area contributed by atoms with Crippen molar-refractivity contribution in [3.63, 3.8) is 0 Å². The Hall–Kier alpha value is -2.98. The number of hydrogen-bond donors (Lipinski definition) is 1. The van der Waals surface area contributed by atoms with Crippen molar-refractivity contribution in [3.8, 4) is 11.9 Å². The highest BCUT2D eigenvalue weighted by Gasteiger charge is 2.14. The fourth-order valence-corrected chi connectivity index (χ4v) is 2.76. The number of nitrogens with one attached hydrogen (secondary N) is 1. The second-order valence-corrected chi connectivity index (χ2v) is 6.73. The topological polar surface area (TPSA) is 91.5 Å². The Morgan fingerprint density at radius 1 is 1.44 bits per heavy atom. The Morgan fingerprint density at radius 3 is 2.68 bits per heavy atom. The van der Waals surface area contributed by atoms with E-state index in [1.54, 1.807) is 44.4 Å². The van der Waals surface area contributed by atoms with Gasteiger partial charge in [0.2, 0.25) is 0 Å². The van der Waals surface area contributed by atoms with E-state index in [-0.39, 0.29) is 5.56 Å². The first kappa shape index (κ1) is 18.4. The van der Waals surface area contributed by atoms with Crippen LogP contribution in [-0.4, -0.2) is 25.2 Å². The van der Waals surface area contributed by atoms with Gasteiger partial charge in [0, 0.05) is 18.1 Å². The molecule has 1 N–H and O–H groups in total. The smallest absolute Gasteiger partial charge is 0.280 e. The van der Waals surface area contributed by atoms with Crippen molar-refractivity contribution in [2.75, 3.05) is 6.26 Å². The minimum absolute atomic E-state index is 0.241. The summed E-state index contributed by atoms with van der Waals surface area (Å²) in [4.78, 5) is 17.5. The van der Waals surface area contributed by atoms with Gasteiger partial charge in [0.05, 0.1) is 32.9 Å². The summed E-state index contributed by atoms with van der Waals surface area (Å²) in [6.45, 7) is 7.15. The van der Waals surface area contributed by atoms with E-state index in [2.05, 4.69) is 16.7 Å². The van der Waals surface area contributed by atoms with Crippen molar-refractivity contribution >= 4 is 16.4 Å². The summed E-state index contributed by atoms with van der Waals surface area (Å²) < 4.78 is 12.8. The van der Waals surface area contributed by atoms with Gasteiger partial charge in [-0.05, 0) is 37.6 Å². The lowest BCUT2D eigenvalue weighted by Gasteiger charge is -2.01. The highest BCUT2D eigenvalue weighted by atomic mass is 32.2. The molecule has 0 bridgehead atoms. The lowest BCUT2D eigenvalue weighted by Crippen LogP contribution is -2.18. The molecule has 1 atom stereocenters. The van der Waals surface area contributed by atoms with Crippen LogP contribution in [-0.2, 0) is 10.8 Å². The maximum atomic E-state index is 12.7. The molecule has 128 valence electrons. The number of nitrogens with zero attached hydrogens (tertiary/aromatic N) is 3. The molecule has 0 saturated heterocycles. The molecule has 2 aromatic rings. The Morgan fingerprint density at radius 2 is 2.16 bits per heavy atom. The third-order valence-corrected chi connectivity index (χ3v) is 4.51. The van der Waals surface area contributed by atoms with Gasteiger partial charge in [0.25, 0.3) is 5.56 Å². The number of H-pyrrole nitrogens is 1. The molecule has 0 spiro atoms. The predicted octanol–water partition coefficient (Wildman–Crippen LogP) is 2.65. The minimum atomic E-state index is -1.12. The van der Waals surface area contributed by atoms with Crippen LogP contribution in [0.25, 0.3) is 11.4 Å². The molecule has 0 aliphatic heterocycles. The molecule has 2 heterocycles. The molecule has 7 heteroatoms. The van der Waals surface area contributed by atoms with Crippen LogP contribution in [0.1, 0.15) is 18.2 Å². The van der Waals surface area contributed by atoms with Crippen molar-refractivity contribution in [1.29, 1.82) is 5.26 Å². The molecule has 2 aromatic heterocycles. The number of nitriles is 1. The second kappa shape index (κ2) is 7.73. The Labute approximate surface area is 148 Å². The summed E-state index contributed by atoms with van der Waals surface area (Å²) >= 11 is 0. The lowest BCUT2D eigenvalue weighted by molar-refractivity contribution is 0.686. The SMILES string of the molecule is C=C/C(C#N)=C\C=C(/C)c1c(C)[nH]n(-c2ccc(S(C)=O)cn2)c1=O. The van der Waals surface area contributed by atoms with E-state index in [0.717, 1.165) is 5.57 Å². The molecular weight excluding hydrogens is 336 g/mol. The fourth-order valence-electron chi connectivity index (χ4n) is 2.30. The number of allylic oxidation sites excluding steroid dienone is 5. The molecule has 2 rings (SSSR count). The average Bonchev–Trinajstić information content (AvgIpc) is 2.90. The quantitative estimate of drug-likeness (QED) is 0.660. The number of aromatic nitrogens is 3. The molecule has 1 unspecified atom stereocenters. The molecule has 0 saturated carbocycles. The van der Waals surface area contributed by atoms with Gasteiger partial charge in [0.15, 0.2) is 5.82 Å². The highest BCUT2D eigenvalue weighted by Crippen LogP contribution is 2.15. The van der Waals surface area contributed by atoms with Crippen LogP contribution >= 0.6 is 0 Å². The van der Waals surface area contributed by atoms with Crippen molar-refractivity contribution in [1.82, 2.24) is 14.8 Å². The summed E-state index contributed by atoms with van der Waals surface area (Å²) in [6, 6.07) is 5.32. The zero-order valence-corrected chi connectivity index (χ0v) is 15.1. The van der Waals surface area contributed by atoms with Gasteiger partial charge in [-0.1, -0.05) is 18.7 Å². The summed E-state index contributed by atoms with van der Waals surface area (Å²) in [5.41, 5.74) is 2.10. The Kier molecular flexibility index (Phi) is 5.67. The third kappa shape index (κ3) is 3.92. The molecule has 0 radical (unpaired) electrons. The van der Waals surface area contributed by atoms with Crippen LogP contribution in [0.3, 0.4) is 0 Å². The van der Waals surface area contributed by atoms with E-state index >= 15 is 0 Å². The molecule has 0 aromatic carbocycles. The van der Waals surface area contributed by atoms with E-state index in [4.69, 9.17) is 5.26 Å². The lowest BCUT2D eigenvalue weighted by atomic mass is 10.1. The Balaban J connectivity index is 2.48. The summed E-state index contributed by atoms with van der Waals surface area (Å²) in [6.07, 6.45) is 7.83. The third-order valence-electron chi connectivity index (χ3n) is 3.61. The fraction of sp³-hybridized carbons (Fsp3) is 0.167. The van der Waals surface area contributed by atoms with Crippen LogP contribution in [0.2, 0.25) is 0 Å². The van der Waals surface area contributed by atoms with Gasteiger partial charge in [-0.3, -0.25) is 14.1 Å².